The number of allylic oxidation sites excluding steroid dienone is 2. The molecule has 0 amide bonds. The molecule has 0 unspecified atom stereocenters. The van der Waals surface area contributed by atoms with Gasteiger partial charge in [-0.1, -0.05) is 17.7 Å². The van der Waals surface area contributed by atoms with Crippen LogP contribution in [0.3, 0.4) is 0 Å². The summed E-state index contributed by atoms with van der Waals surface area (Å²) in [7, 11) is 0. The smallest absolute Gasteiger partial charge is 0.107 e. The molecule has 0 radical (unpaired) electrons. The summed E-state index contributed by atoms with van der Waals surface area (Å²) in [6.45, 7) is 0.669. The van der Waals surface area contributed by atoms with Gasteiger partial charge in [-0.2, -0.15) is 0 Å². The van der Waals surface area contributed by atoms with Crippen LogP contribution in [0.15, 0.2) is 41.7 Å². The lowest BCUT2D eigenvalue weighted by Gasteiger charge is -2.28. The Morgan fingerprint density at radius 3 is 2.81 bits per heavy atom. The summed E-state index contributed by atoms with van der Waals surface area (Å²) in [6.07, 6.45) is 7.20. The molecular formula is C12H12ClFN2. The fourth-order valence-electron chi connectivity index (χ4n) is 1.74. The number of alkyl halides is 1. The molecule has 0 bridgehead atoms. The number of pyridine rings is 1. The second-order valence-corrected chi connectivity index (χ2v) is 3.88. The summed E-state index contributed by atoms with van der Waals surface area (Å²) in [5, 5.41) is 0.644. The van der Waals surface area contributed by atoms with Gasteiger partial charge in [0.05, 0.1) is 10.7 Å². The van der Waals surface area contributed by atoms with E-state index in [1.54, 1.807) is 12.4 Å². The van der Waals surface area contributed by atoms with E-state index in [0.29, 0.717) is 18.1 Å². The van der Waals surface area contributed by atoms with Crippen molar-refractivity contribution in [2.45, 2.75) is 0 Å². The van der Waals surface area contributed by atoms with Gasteiger partial charge in [-0.25, -0.2) is 4.39 Å². The maximum absolute atomic E-state index is 12.5. The molecule has 1 aliphatic heterocycles. The van der Waals surface area contributed by atoms with Crippen molar-refractivity contribution in [1.82, 2.24) is 9.88 Å². The highest BCUT2D eigenvalue weighted by molar-refractivity contribution is 6.34. The topological polar surface area (TPSA) is 16.1 Å². The summed E-state index contributed by atoms with van der Waals surface area (Å²) in [4.78, 5) is 5.89. The van der Waals surface area contributed by atoms with Crippen LogP contribution in [-0.4, -0.2) is 29.6 Å². The van der Waals surface area contributed by atoms with E-state index in [0.717, 1.165) is 11.3 Å². The van der Waals surface area contributed by atoms with Crippen LogP contribution >= 0.6 is 11.6 Å². The maximum atomic E-state index is 12.5. The molecule has 0 N–H and O–H groups in total. The third-order valence-corrected chi connectivity index (χ3v) is 2.75. The lowest BCUT2D eigenvalue weighted by atomic mass is 10.1. The van der Waals surface area contributed by atoms with Crippen molar-refractivity contribution in [3.63, 3.8) is 0 Å². The van der Waals surface area contributed by atoms with Crippen molar-refractivity contribution in [2.75, 3.05) is 19.8 Å². The van der Waals surface area contributed by atoms with E-state index in [2.05, 4.69) is 4.98 Å². The summed E-state index contributed by atoms with van der Waals surface area (Å²) < 4.78 is 12.5. The highest BCUT2D eigenvalue weighted by Gasteiger charge is 2.16. The summed E-state index contributed by atoms with van der Waals surface area (Å²) in [6, 6.07) is 3.75. The quantitative estimate of drug-likeness (QED) is 0.805. The zero-order chi connectivity index (χ0) is 11.4. The van der Waals surface area contributed by atoms with Gasteiger partial charge >= 0.3 is 0 Å². The number of halogens is 2. The molecule has 2 heterocycles. The molecule has 0 saturated heterocycles. The third-order valence-electron chi connectivity index (χ3n) is 2.44. The van der Waals surface area contributed by atoms with Gasteiger partial charge in [0.15, 0.2) is 0 Å². The normalized spacial score (nSPS) is 15.8. The predicted molar refractivity (Wildman–Crippen MR) is 63.7 cm³/mol. The molecular weight excluding hydrogens is 227 g/mol. The van der Waals surface area contributed by atoms with Gasteiger partial charge in [-0.05, 0) is 18.2 Å². The largest absolute Gasteiger partial charge is 0.363 e. The van der Waals surface area contributed by atoms with Crippen LogP contribution in [-0.2, 0) is 0 Å². The van der Waals surface area contributed by atoms with Crippen LogP contribution in [0.1, 0.15) is 5.56 Å². The Balaban J connectivity index is 2.37. The summed E-state index contributed by atoms with van der Waals surface area (Å²) in [5.41, 5.74) is 1.85. The van der Waals surface area contributed by atoms with E-state index in [1.807, 2.05) is 29.2 Å². The molecule has 0 aromatic carbocycles. The minimum absolute atomic E-state index is 0.359. The zero-order valence-corrected chi connectivity index (χ0v) is 9.49. The standard InChI is InChI=1S/C12H12ClFN2/c13-11-2-1-8-16(9-5-14)12(11)10-3-6-15-7-4-10/h1-4,6-7H,5,8-9H2. The number of nitrogens with zero attached hydrogens (tertiary/aromatic N) is 2. The van der Waals surface area contributed by atoms with Crippen LogP contribution in [0.2, 0.25) is 0 Å². The molecule has 0 fully saturated rings. The van der Waals surface area contributed by atoms with E-state index in [1.165, 1.54) is 0 Å². The SMILES string of the molecule is FCCN1CC=CC(Cl)=C1c1ccncc1. The Kier molecular flexibility index (Phi) is 3.57. The minimum Gasteiger partial charge on any atom is -0.363 e. The third kappa shape index (κ3) is 2.25. The first kappa shape index (κ1) is 11.1. The lowest BCUT2D eigenvalue weighted by Crippen LogP contribution is -2.27. The Morgan fingerprint density at radius 2 is 2.12 bits per heavy atom. The van der Waals surface area contributed by atoms with Crippen LogP contribution in [0.5, 0.6) is 0 Å². The van der Waals surface area contributed by atoms with Crippen LogP contribution < -0.4 is 0 Å². The second-order valence-electron chi connectivity index (χ2n) is 3.47. The first-order chi connectivity index (χ1) is 7.83. The first-order valence-electron chi connectivity index (χ1n) is 5.10. The molecule has 0 saturated carbocycles. The predicted octanol–water partition coefficient (Wildman–Crippen LogP) is 2.83. The Morgan fingerprint density at radius 1 is 1.38 bits per heavy atom. The van der Waals surface area contributed by atoms with E-state index >= 15 is 0 Å². The molecule has 84 valence electrons. The highest BCUT2D eigenvalue weighted by Crippen LogP contribution is 2.28. The van der Waals surface area contributed by atoms with Crippen molar-refractivity contribution in [3.8, 4) is 0 Å². The van der Waals surface area contributed by atoms with Crippen molar-refractivity contribution in [2.24, 2.45) is 0 Å². The fourth-order valence-corrected chi connectivity index (χ4v) is 2.06. The van der Waals surface area contributed by atoms with E-state index in [-0.39, 0.29) is 6.67 Å². The van der Waals surface area contributed by atoms with Gasteiger partial charge in [0, 0.05) is 31.0 Å². The van der Waals surface area contributed by atoms with Crippen LogP contribution in [0, 0.1) is 0 Å². The molecule has 16 heavy (non-hydrogen) atoms. The van der Waals surface area contributed by atoms with Crippen molar-refractivity contribution < 1.29 is 4.39 Å². The van der Waals surface area contributed by atoms with Crippen molar-refractivity contribution >= 4 is 17.3 Å². The van der Waals surface area contributed by atoms with Crippen molar-refractivity contribution in [1.29, 1.82) is 0 Å². The Hall–Kier alpha value is -1.35. The monoisotopic (exact) mass is 238 g/mol. The summed E-state index contributed by atoms with van der Waals surface area (Å²) in [5.74, 6) is 0. The number of rotatable bonds is 3. The zero-order valence-electron chi connectivity index (χ0n) is 8.74. The molecule has 1 aliphatic rings. The number of aromatic nitrogens is 1. The molecule has 0 aliphatic carbocycles. The molecule has 2 nitrogen and oxygen atoms in total. The van der Waals surface area contributed by atoms with E-state index in [9.17, 15) is 4.39 Å². The van der Waals surface area contributed by atoms with Gasteiger partial charge in [0.25, 0.3) is 0 Å². The molecule has 1 aromatic rings. The summed E-state index contributed by atoms with van der Waals surface area (Å²) >= 11 is 6.16. The Bertz CT molecular complexity index is 414. The van der Waals surface area contributed by atoms with Crippen LogP contribution in [0.4, 0.5) is 4.39 Å². The van der Waals surface area contributed by atoms with Gasteiger partial charge in [0.1, 0.15) is 6.67 Å². The fraction of sp³-hybridized carbons (Fsp3) is 0.250. The number of hydrogen-bond acceptors (Lipinski definition) is 2. The highest BCUT2D eigenvalue weighted by atomic mass is 35.5. The molecule has 4 heteroatoms. The second kappa shape index (κ2) is 5.12. The van der Waals surface area contributed by atoms with E-state index in [4.69, 9.17) is 11.6 Å². The minimum atomic E-state index is -0.382. The molecule has 0 spiro atoms. The first-order valence-corrected chi connectivity index (χ1v) is 5.48. The average Bonchev–Trinajstić information content (AvgIpc) is 2.31. The lowest BCUT2D eigenvalue weighted by molar-refractivity contribution is 0.361. The van der Waals surface area contributed by atoms with Gasteiger partial charge in [-0.3, -0.25) is 4.98 Å². The van der Waals surface area contributed by atoms with Crippen LogP contribution in [0.25, 0.3) is 5.70 Å². The van der Waals surface area contributed by atoms with Crippen molar-refractivity contribution in [3.05, 3.63) is 47.3 Å². The van der Waals surface area contributed by atoms with E-state index < -0.39 is 0 Å². The Labute approximate surface area is 99.0 Å². The number of hydrogen-bond donors (Lipinski definition) is 0. The molecule has 0 atom stereocenters. The molecule has 2 rings (SSSR count). The van der Waals surface area contributed by atoms with Gasteiger partial charge < -0.3 is 4.90 Å². The average molecular weight is 239 g/mol. The molecule has 1 aromatic heterocycles. The maximum Gasteiger partial charge on any atom is 0.107 e. The van der Waals surface area contributed by atoms with Gasteiger partial charge in [0.2, 0.25) is 0 Å². The van der Waals surface area contributed by atoms with Gasteiger partial charge in [-0.15, -0.1) is 0 Å².